The van der Waals surface area contributed by atoms with Crippen LogP contribution in [-0.2, 0) is 11.2 Å². The highest BCUT2D eigenvalue weighted by Gasteiger charge is 2.36. The fourth-order valence-corrected chi connectivity index (χ4v) is 3.91. The molecule has 3 nitrogen and oxygen atoms in total. The van der Waals surface area contributed by atoms with E-state index in [4.69, 9.17) is 5.73 Å². The zero-order valence-corrected chi connectivity index (χ0v) is 13.3. The molecule has 1 saturated carbocycles. The minimum Gasteiger partial charge on any atom is -0.399 e. The van der Waals surface area contributed by atoms with Gasteiger partial charge in [0.15, 0.2) is 0 Å². The van der Waals surface area contributed by atoms with Gasteiger partial charge < -0.3 is 10.6 Å². The van der Waals surface area contributed by atoms with Gasteiger partial charge in [-0.1, -0.05) is 24.6 Å². The summed E-state index contributed by atoms with van der Waals surface area (Å²) in [4.78, 5) is 14.7. The van der Waals surface area contributed by atoms with E-state index < -0.39 is 0 Å². The van der Waals surface area contributed by atoms with Gasteiger partial charge in [-0.2, -0.15) is 0 Å². The van der Waals surface area contributed by atoms with Gasteiger partial charge in [-0.15, -0.1) is 12.4 Å². The molecule has 2 unspecified atom stereocenters. The largest absolute Gasteiger partial charge is 0.399 e. The molecule has 2 N–H and O–H groups in total. The Morgan fingerprint density at radius 2 is 1.95 bits per heavy atom. The third-order valence-corrected chi connectivity index (χ3v) is 4.98. The highest BCUT2D eigenvalue weighted by atomic mass is 35.5. The topological polar surface area (TPSA) is 46.3 Å². The maximum absolute atomic E-state index is 12.5. The predicted octanol–water partition coefficient (Wildman–Crippen LogP) is 3.41. The fraction of sp³-hybridized carbons (Fsp3) is 0.588. The molecule has 1 aliphatic heterocycles. The number of carbonyl (C=O) groups is 1. The first-order chi connectivity index (χ1) is 9.75. The number of fused-ring (bicyclic) bond motifs is 1. The predicted molar refractivity (Wildman–Crippen MR) is 88.5 cm³/mol. The second-order valence-electron chi connectivity index (χ2n) is 6.19. The number of carbonyl (C=O) groups excluding carboxylic acids is 1. The van der Waals surface area contributed by atoms with Gasteiger partial charge in [-0.05, 0) is 49.7 Å². The molecule has 21 heavy (non-hydrogen) atoms. The SMILES string of the molecule is Cl.Nc1ccccc1CCC(=O)N1CCCC2CCCC21. The molecule has 0 radical (unpaired) electrons. The van der Waals surface area contributed by atoms with Crippen molar-refractivity contribution in [3.8, 4) is 0 Å². The number of halogens is 1. The molecule has 1 aliphatic carbocycles. The van der Waals surface area contributed by atoms with Crippen LogP contribution in [-0.4, -0.2) is 23.4 Å². The lowest BCUT2D eigenvalue weighted by Gasteiger charge is -2.38. The van der Waals surface area contributed by atoms with Crippen LogP contribution in [0.15, 0.2) is 24.3 Å². The first-order valence-corrected chi connectivity index (χ1v) is 7.88. The van der Waals surface area contributed by atoms with Gasteiger partial charge in [-0.25, -0.2) is 0 Å². The van der Waals surface area contributed by atoms with Crippen LogP contribution >= 0.6 is 12.4 Å². The first-order valence-electron chi connectivity index (χ1n) is 7.88. The summed E-state index contributed by atoms with van der Waals surface area (Å²) in [5, 5.41) is 0. The van der Waals surface area contributed by atoms with Crippen LogP contribution in [0.1, 0.15) is 44.1 Å². The van der Waals surface area contributed by atoms with Gasteiger partial charge in [0.05, 0.1) is 0 Å². The van der Waals surface area contributed by atoms with Crippen molar-refractivity contribution in [2.75, 3.05) is 12.3 Å². The Labute approximate surface area is 133 Å². The van der Waals surface area contributed by atoms with Crippen molar-refractivity contribution in [3.63, 3.8) is 0 Å². The normalized spacial score (nSPS) is 24.3. The summed E-state index contributed by atoms with van der Waals surface area (Å²) in [5.74, 6) is 1.10. The molecule has 1 heterocycles. The van der Waals surface area contributed by atoms with Crippen molar-refractivity contribution in [2.24, 2.45) is 5.92 Å². The maximum Gasteiger partial charge on any atom is 0.223 e. The Hall–Kier alpha value is -1.22. The standard InChI is InChI=1S/C17H24N2O.ClH/c18-15-8-2-1-5-13(15)10-11-17(20)19-12-4-7-14-6-3-9-16(14)19;/h1-2,5,8,14,16H,3-4,6-7,9-12,18H2;1H. The number of nitrogens with two attached hydrogens (primary N) is 1. The molecule has 4 heteroatoms. The second kappa shape index (κ2) is 7.17. The molecule has 1 amide bonds. The highest BCUT2D eigenvalue weighted by molar-refractivity contribution is 5.85. The summed E-state index contributed by atoms with van der Waals surface area (Å²) >= 11 is 0. The monoisotopic (exact) mass is 308 g/mol. The van der Waals surface area contributed by atoms with Crippen LogP contribution in [0, 0.1) is 5.92 Å². The molecule has 3 rings (SSSR count). The number of amides is 1. The van der Waals surface area contributed by atoms with Crippen molar-refractivity contribution in [2.45, 2.75) is 51.0 Å². The third kappa shape index (κ3) is 3.52. The first kappa shape index (κ1) is 16.2. The van der Waals surface area contributed by atoms with E-state index >= 15 is 0 Å². The molecule has 2 fully saturated rings. The van der Waals surface area contributed by atoms with E-state index in [0.29, 0.717) is 18.4 Å². The highest BCUT2D eigenvalue weighted by Crippen LogP contribution is 2.37. The van der Waals surface area contributed by atoms with Gasteiger partial charge in [0, 0.05) is 24.7 Å². The minimum atomic E-state index is 0. The number of hydrogen-bond acceptors (Lipinski definition) is 2. The van der Waals surface area contributed by atoms with Crippen molar-refractivity contribution >= 4 is 24.0 Å². The number of anilines is 1. The Balaban J connectivity index is 0.00000161. The van der Waals surface area contributed by atoms with Crippen LogP contribution in [0.25, 0.3) is 0 Å². The smallest absolute Gasteiger partial charge is 0.223 e. The lowest BCUT2D eigenvalue weighted by atomic mass is 9.91. The van der Waals surface area contributed by atoms with E-state index in [-0.39, 0.29) is 12.4 Å². The molecule has 0 bridgehead atoms. The number of para-hydroxylation sites is 1. The zero-order valence-electron chi connectivity index (χ0n) is 12.5. The molecular formula is C17H25ClN2O. The molecule has 2 aliphatic rings. The zero-order chi connectivity index (χ0) is 13.9. The van der Waals surface area contributed by atoms with E-state index in [0.717, 1.165) is 30.1 Å². The summed E-state index contributed by atoms with van der Waals surface area (Å²) < 4.78 is 0. The molecule has 0 spiro atoms. The molecule has 116 valence electrons. The van der Waals surface area contributed by atoms with Gasteiger partial charge in [0.1, 0.15) is 0 Å². The van der Waals surface area contributed by atoms with Crippen molar-refractivity contribution < 1.29 is 4.79 Å². The van der Waals surface area contributed by atoms with Gasteiger partial charge >= 0.3 is 0 Å². The summed E-state index contributed by atoms with van der Waals surface area (Å²) in [6, 6.07) is 8.40. The summed E-state index contributed by atoms with van der Waals surface area (Å²) in [6.45, 7) is 0.963. The number of likely N-dealkylation sites (tertiary alicyclic amines) is 1. The van der Waals surface area contributed by atoms with Crippen LogP contribution in [0.4, 0.5) is 5.69 Å². The number of nitrogens with zero attached hydrogens (tertiary/aromatic N) is 1. The third-order valence-electron chi connectivity index (χ3n) is 4.98. The van der Waals surface area contributed by atoms with E-state index in [2.05, 4.69) is 4.90 Å². The van der Waals surface area contributed by atoms with E-state index in [9.17, 15) is 4.79 Å². The van der Waals surface area contributed by atoms with Crippen LogP contribution in [0.2, 0.25) is 0 Å². The lowest BCUT2D eigenvalue weighted by Crippen LogP contribution is -2.46. The minimum absolute atomic E-state index is 0. The fourth-order valence-electron chi connectivity index (χ4n) is 3.91. The number of rotatable bonds is 3. The number of hydrogen-bond donors (Lipinski definition) is 1. The average molecular weight is 309 g/mol. The second-order valence-corrected chi connectivity index (χ2v) is 6.19. The van der Waals surface area contributed by atoms with Crippen LogP contribution in [0.3, 0.4) is 0 Å². The molecule has 1 aromatic rings. The Morgan fingerprint density at radius 3 is 2.76 bits per heavy atom. The number of benzene rings is 1. The van der Waals surface area contributed by atoms with Crippen LogP contribution < -0.4 is 5.73 Å². The van der Waals surface area contributed by atoms with Crippen molar-refractivity contribution in [1.29, 1.82) is 0 Å². The lowest BCUT2D eigenvalue weighted by molar-refractivity contribution is -0.135. The van der Waals surface area contributed by atoms with Crippen LogP contribution in [0.5, 0.6) is 0 Å². The van der Waals surface area contributed by atoms with E-state index in [1.807, 2.05) is 24.3 Å². The molecular weight excluding hydrogens is 284 g/mol. The summed E-state index contributed by atoms with van der Waals surface area (Å²) in [7, 11) is 0. The number of piperidine rings is 1. The average Bonchev–Trinajstić information content (AvgIpc) is 2.94. The summed E-state index contributed by atoms with van der Waals surface area (Å²) in [5.41, 5.74) is 7.85. The Morgan fingerprint density at radius 1 is 1.19 bits per heavy atom. The molecule has 1 saturated heterocycles. The Kier molecular flexibility index (Phi) is 5.51. The van der Waals surface area contributed by atoms with Crippen molar-refractivity contribution in [1.82, 2.24) is 4.90 Å². The Bertz CT molecular complexity index is 491. The molecule has 2 atom stereocenters. The number of nitrogen functional groups attached to an aromatic ring is 1. The van der Waals surface area contributed by atoms with Gasteiger partial charge in [0.25, 0.3) is 0 Å². The quantitative estimate of drug-likeness (QED) is 0.870. The van der Waals surface area contributed by atoms with Crippen molar-refractivity contribution in [3.05, 3.63) is 29.8 Å². The summed E-state index contributed by atoms with van der Waals surface area (Å²) in [6.07, 6.45) is 7.69. The van der Waals surface area contributed by atoms with Gasteiger partial charge in [0.2, 0.25) is 5.91 Å². The molecule has 1 aromatic carbocycles. The number of aryl methyl sites for hydroxylation is 1. The van der Waals surface area contributed by atoms with E-state index in [1.54, 1.807) is 0 Å². The maximum atomic E-state index is 12.5. The molecule has 0 aromatic heterocycles. The van der Waals surface area contributed by atoms with Gasteiger partial charge in [-0.3, -0.25) is 4.79 Å². The van der Waals surface area contributed by atoms with E-state index in [1.165, 1.54) is 32.1 Å².